The average Bonchev–Trinajstić information content (AvgIpc) is 2.45. The van der Waals surface area contributed by atoms with Crippen molar-refractivity contribution in [3.8, 4) is 0 Å². The van der Waals surface area contributed by atoms with Gasteiger partial charge in [-0.25, -0.2) is 4.79 Å². The molecule has 0 aromatic heterocycles. The van der Waals surface area contributed by atoms with Crippen LogP contribution in [0, 0.1) is 16.0 Å². The minimum atomic E-state index is -1.11. The molecule has 1 fully saturated rings. The van der Waals surface area contributed by atoms with E-state index in [1.165, 1.54) is 18.2 Å². The molecule has 7 nitrogen and oxygen atoms in total. The van der Waals surface area contributed by atoms with E-state index in [1.807, 2.05) is 0 Å². The minimum absolute atomic E-state index is 0.0259. The number of nitrogens with zero attached hydrogens (tertiary/aromatic N) is 1. The van der Waals surface area contributed by atoms with Crippen molar-refractivity contribution >= 4 is 17.3 Å². The van der Waals surface area contributed by atoms with E-state index in [-0.39, 0.29) is 22.9 Å². The number of ether oxygens (including phenoxy) is 1. The van der Waals surface area contributed by atoms with Crippen molar-refractivity contribution in [3.05, 3.63) is 33.9 Å². The van der Waals surface area contributed by atoms with Crippen molar-refractivity contribution in [1.82, 2.24) is 0 Å². The van der Waals surface area contributed by atoms with Gasteiger partial charge in [0, 0.05) is 19.2 Å². The highest BCUT2D eigenvalue weighted by Gasteiger charge is 2.19. The molecule has 2 N–H and O–H groups in total. The average molecular weight is 280 g/mol. The Morgan fingerprint density at radius 3 is 2.95 bits per heavy atom. The van der Waals surface area contributed by atoms with Crippen molar-refractivity contribution in [1.29, 1.82) is 0 Å². The van der Waals surface area contributed by atoms with E-state index in [0.29, 0.717) is 13.2 Å². The van der Waals surface area contributed by atoms with Crippen LogP contribution in [0.25, 0.3) is 0 Å². The molecule has 1 unspecified atom stereocenters. The Balaban J connectivity index is 2.12. The van der Waals surface area contributed by atoms with Gasteiger partial charge in [0.25, 0.3) is 5.69 Å². The molecule has 1 saturated heterocycles. The lowest BCUT2D eigenvalue weighted by atomic mass is 10.0. The number of nitro groups is 1. The molecule has 0 radical (unpaired) electrons. The zero-order valence-electron chi connectivity index (χ0n) is 10.9. The molecule has 0 spiro atoms. The fraction of sp³-hybridized carbons (Fsp3) is 0.462. The van der Waals surface area contributed by atoms with Gasteiger partial charge in [0.05, 0.1) is 17.1 Å². The molecular formula is C13H16N2O5. The predicted molar refractivity (Wildman–Crippen MR) is 72.1 cm³/mol. The lowest BCUT2D eigenvalue weighted by Crippen LogP contribution is -2.24. The molecular weight excluding hydrogens is 264 g/mol. The van der Waals surface area contributed by atoms with Gasteiger partial charge in [-0.05, 0) is 30.9 Å². The quantitative estimate of drug-likeness (QED) is 0.632. The largest absolute Gasteiger partial charge is 0.478 e. The van der Waals surface area contributed by atoms with Crippen LogP contribution in [-0.4, -0.2) is 35.8 Å². The maximum Gasteiger partial charge on any atom is 0.335 e. The van der Waals surface area contributed by atoms with Crippen LogP contribution in [0.5, 0.6) is 0 Å². The number of aromatic carboxylic acids is 1. The Bertz CT molecular complexity index is 511. The van der Waals surface area contributed by atoms with Crippen LogP contribution in [0.15, 0.2) is 18.2 Å². The topological polar surface area (TPSA) is 102 Å². The van der Waals surface area contributed by atoms with Gasteiger partial charge in [-0.2, -0.15) is 0 Å². The molecule has 1 atom stereocenters. The van der Waals surface area contributed by atoms with Gasteiger partial charge in [0.15, 0.2) is 0 Å². The Kier molecular flexibility index (Phi) is 4.52. The Morgan fingerprint density at radius 2 is 2.35 bits per heavy atom. The molecule has 20 heavy (non-hydrogen) atoms. The molecule has 1 aromatic rings. The summed E-state index contributed by atoms with van der Waals surface area (Å²) in [6.45, 7) is 1.91. The summed E-state index contributed by atoms with van der Waals surface area (Å²) in [4.78, 5) is 21.3. The van der Waals surface area contributed by atoms with Gasteiger partial charge in [-0.1, -0.05) is 0 Å². The van der Waals surface area contributed by atoms with Crippen LogP contribution >= 0.6 is 0 Å². The van der Waals surface area contributed by atoms with Gasteiger partial charge in [0.2, 0.25) is 0 Å². The number of carboxylic acid groups (broad SMARTS) is 1. The number of carbonyl (C=O) groups is 1. The van der Waals surface area contributed by atoms with E-state index < -0.39 is 10.9 Å². The predicted octanol–water partition coefficient (Wildman–Crippen LogP) is 2.13. The number of benzene rings is 1. The molecule has 2 rings (SSSR count). The van der Waals surface area contributed by atoms with E-state index >= 15 is 0 Å². The molecule has 1 aromatic carbocycles. The monoisotopic (exact) mass is 280 g/mol. The summed E-state index contributed by atoms with van der Waals surface area (Å²) in [5.41, 5.74) is 0.144. The Hall–Kier alpha value is -2.15. The molecule has 1 heterocycles. The number of hydrogen-bond donors (Lipinski definition) is 2. The summed E-state index contributed by atoms with van der Waals surface area (Å²) in [5.74, 6) is -0.819. The first-order valence-corrected chi connectivity index (χ1v) is 6.41. The van der Waals surface area contributed by atoms with Crippen molar-refractivity contribution in [2.24, 2.45) is 5.92 Å². The van der Waals surface area contributed by atoms with Gasteiger partial charge in [-0.15, -0.1) is 0 Å². The van der Waals surface area contributed by atoms with Crippen LogP contribution in [0.2, 0.25) is 0 Å². The molecule has 0 amide bonds. The lowest BCUT2D eigenvalue weighted by Gasteiger charge is -2.22. The molecule has 108 valence electrons. The van der Waals surface area contributed by atoms with Crippen LogP contribution in [0.1, 0.15) is 23.2 Å². The zero-order valence-corrected chi connectivity index (χ0v) is 10.9. The zero-order chi connectivity index (χ0) is 14.5. The van der Waals surface area contributed by atoms with E-state index in [9.17, 15) is 14.9 Å². The van der Waals surface area contributed by atoms with Gasteiger partial charge in [-0.3, -0.25) is 10.1 Å². The lowest BCUT2D eigenvalue weighted by molar-refractivity contribution is -0.384. The second-order valence-electron chi connectivity index (χ2n) is 4.76. The van der Waals surface area contributed by atoms with Crippen LogP contribution in [-0.2, 0) is 4.74 Å². The number of nitro benzene ring substituents is 1. The fourth-order valence-corrected chi connectivity index (χ4v) is 2.19. The highest BCUT2D eigenvalue weighted by Crippen LogP contribution is 2.26. The van der Waals surface area contributed by atoms with E-state index in [1.54, 1.807) is 0 Å². The smallest absolute Gasteiger partial charge is 0.335 e. The molecule has 0 aliphatic carbocycles. The van der Waals surface area contributed by atoms with E-state index in [0.717, 1.165) is 19.4 Å². The highest BCUT2D eigenvalue weighted by molar-refractivity contribution is 5.90. The maximum absolute atomic E-state index is 10.9. The summed E-state index contributed by atoms with van der Waals surface area (Å²) < 4.78 is 5.34. The Morgan fingerprint density at radius 1 is 1.55 bits per heavy atom. The molecule has 1 aliphatic rings. The van der Waals surface area contributed by atoms with Gasteiger partial charge < -0.3 is 15.2 Å². The van der Waals surface area contributed by atoms with Crippen molar-refractivity contribution in [2.75, 3.05) is 25.1 Å². The third kappa shape index (κ3) is 3.45. The van der Waals surface area contributed by atoms with Gasteiger partial charge >= 0.3 is 5.97 Å². The number of nitrogens with one attached hydrogen (secondary N) is 1. The molecule has 1 aliphatic heterocycles. The van der Waals surface area contributed by atoms with Crippen molar-refractivity contribution in [2.45, 2.75) is 12.8 Å². The molecule has 0 saturated carbocycles. The standard InChI is InChI=1S/C13H16N2O5/c16-13(17)10-3-4-12(15(18)19)11(6-10)14-7-9-2-1-5-20-8-9/h3-4,6,9,14H,1-2,5,7-8H2,(H,16,17). The van der Waals surface area contributed by atoms with Crippen molar-refractivity contribution < 1.29 is 19.6 Å². The minimum Gasteiger partial charge on any atom is -0.478 e. The SMILES string of the molecule is O=C(O)c1ccc([N+](=O)[O-])c(NCC2CCCOC2)c1. The van der Waals surface area contributed by atoms with Crippen LogP contribution < -0.4 is 5.32 Å². The normalized spacial score (nSPS) is 18.5. The number of anilines is 1. The molecule has 7 heteroatoms. The first kappa shape index (κ1) is 14.3. The summed E-state index contributed by atoms with van der Waals surface area (Å²) in [6, 6.07) is 3.74. The fourth-order valence-electron chi connectivity index (χ4n) is 2.19. The number of rotatable bonds is 5. The second kappa shape index (κ2) is 6.33. The first-order valence-electron chi connectivity index (χ1n) is 6.41. The van der Waals surface area contributed by atoms with E-state index in [2.05, 4.69) is 5.32 Å². The van der Waals surface area contributed by atoms with Crippen LogP contribution in [0.3, 0.4) is 0 Å². The summed E-state index contributed by atoms with van der Waals surface area (Å²) in [6.07, 6.45) is 1.98. The third-order valence-electron chi connectivity index (χ3n) is 3.28. The maximum atomic E-state index is 10.9. The summed E-state index contributed by atoms with van der Waals surface area (Å²) in [5, 5.41) is 22.9. The summed E-state index contributed by atoms with van der Waals surface area (Å²) in [7, 11) is 0. The first-order chi connectivity index (χ1) is 9.58. The highest BCUT2D eigenvalue weighted by atomic mass is 16.6. The second-order valence-corrected chi connectivity index (χ2v) is 4.76. The van der Waals surface area contributed by atoms with Crippen LogP contribution in [0.4, 0.5) is 11.4 Å². The third-order valence-corrected chi connectivity index (χ3v) is 3.28. The van der Waals surface area contributed by atoms with E-state index in [4.69, 9.17) is 9.84 Å². The molecule has 0 bridgehead atoms. The summed E-state index contributed by atoms with van der Waals surface area (Å²) >= 11 is 0. The number of carboxylic acids is 1. The number of hydrogen-bond acceptors (Lipinski definition) is 5. The van der Waals surface area contributed by atoms with Crippen molar-refractivity contribution in [3.63, 3.8) is 0 Å². The Labute approximate surface area is 115 Å². The van der Waals surface area contributed by atoms with Gasteiger partial charge in [0.1, 0.15) is 5.69 Å².